The van der Waals surface area contributed by atoms with Gasteiger partial charge >= 0.3 is 0 Å². The summed E-state index contributed by atoms with van der Waals surface area (Å²) in [6.45, 7) is 11.4. The molecule has 0 fully saturated rings. The normalized spacial score (nSPS) is 17.5. The van der Waals surface area contributed by atoms with Gasteiger partial charge < -0.3 is 16.2 Å². The predicted octanol–water partition coefficient (Wildman–Crippen LogP) is 3.97. The lowest BCUT2D eigenvalue weighted by Crippen LogP contribution is -2.22. The number of rotatable bonds is 9. The van der Waals surface area contributed by atoms with Gasteiger partial charge in [0.25, 0.3) is 0 Å². The number of hydrogen-bond acceptors (Lipinski definition) is 4. The van der Waals surface area contributed by atoms with E-state index in [4.69, 9.17) is 16.2 Å². The van der Waals surface area contributed by atoms with Crippen LogP contribution in [-0.2, 0) is 4.74 Å². The molecule has 1 aliphatic heterocycles. The van der Waals surface area contributed by atoms with Gasteiger partial charge in [0.15, 0.2) is 0 Å². The molecule has 1 heterocycles. The minimum Gasteiger partial charge on any atom is -0.377 e. The molecule has 4 N–H and O–H groups in total. The van der Waals surface area contributed by atoms with Gasteiger partial charge in [-0.3, -0.25) is 0 Å². The fourth-order valence-corrected chi connectivity index (χ4v) is 3.79. The third-order valence-electron chi connectivity index (χ3n) is 4.30. The van der Waals surface area contributed by atoms with E-state index in [0.717, 1.165) is 31.8 Å². The maximum atomic E-state index is 5.99. The summed E-state index contributed by atoms with van der Waals surface area (Å²) in [6, 6.07) is 0. The van der Waals surface area contributed by atoms with Crippen molar-refractivity contribution in [1.29, 1.82) is 0 Å². The Morgan fingerprint density at radius 2 is 2.00 bits per heavy atom. The molecule has 0 aromatic heterocycles. The second-order valence-electron chi connectivity index (χ2n) is 6.44. The van der Waals surface area contributed by atoms with Crippen molar-refractivity contribution in [3.8, 4) is 0 Å². The first kappa shape index (κ1) is 21.2. The molecule has 0 radical (unpaired) electrons. The fourth-order valence-electron chi connectivity index (χ4n) is 2.75. The lowest BCUT2D eigenvalue weighted by molar-refractivity contribution is 0.145. The minimum absolute atomic E-state index is 0.468. The minimum atomic E-state index is 0.468. The molecule has 0 aromatic rings. The Hall–Kier alpha value is -0.810. The van der Waals surface area contributed by atoms with Crippen LogP contribution >= 0.6 is 11.8 Å². The smallest absolute Gasteiger partial charge is 0.0693 e. The molecule has 0 spiro atoms. The van der Waals surface area contributed by atoms with Crippen LogP contribution in [0.3, 0.4) is 0 Å². The van der Waals surface area contributed by atoms with Crippen LogP contribution in [0.4, 0.5) is 0 Å². The molecule has 1 unspecified atom stereocenters. The highest BCUT2D eigenvalue weighted by Gasteiger charge is 2.21. The number of ether oxygens (including phenoxy) is 1. The Kier molecular flexibility index (Phi) is 10.3. The topological polar surface area (TPSA) is 61.3 Å². The molecule has 0 amide bonds. The third-order valence-corrected chi connectivity index (χ3v) is 5.55. The summed E-state index contributed by atoms with van der Waals surface area (Å²) in [5, 5.41) is 0.468. The van der Waals surface area contributed by atoms with E-state index in [1.165, 1.54) is 27.9 Å². The van der Waals surface area contributed by atoms with Crippen molar-refractivity contribution in [2.24, 2.45) is 11.5 Å². The summed E-state index contributed by atoms with van der Waals surface area (Å²) in [4.78, 5) is 0. The Labute approximate surface area is 152 Å². The first-order valence-corrected chi connectivity index (χ1v) is 9.86. The molecule has 0 aliphatic carbocycles. The molecule has 0 saturated carbocycles. The van der Waals surface area contributed by atoms with Crippen molar-refractivity contribution >= 4 is 11.8 Å². The summed E-state index contributed by atoms with van der Waals surface area (Å²) in [7, 11) is 0. The summed E-state index contributed by atoms with van der Waals surface area (Å²) in [5.41, 5.74) is 18.3. The van der Waals surface area contributed by atoms with Crippen molar-refractivity contribution in [1.82, 2.24) is 0 Å². The van der Waals surface area contributed by atoms with Gasteiger partial charge in [0.1, 0.15) is 0 Å². The van der Waals surface area contributed by atoms with E-state index < -0.39 is 0 Å². The second kappa shape index (κ2) is 11.7. The average molecular weight is 351 g/mol. The summed E-state index contributed by atoms with van der Waals surface area (Å²) in [6.07, 6.45) is 8.47. The Bertz CT molecular complexity index is 514. The van der Waals surface area contributed by atoms with Crippen molar-refractivity contribution in [2.75, 3.05) is 32.1 Å². The van der Waals surface area contributed by atoms with Crippen LogP contribution < -0.4 is 11.5 Å². The van der Waals surface area contributed by atoms with Gasteiger partial charge in [0, 0.05) is 18.3 Å². The van der Waals surface area contributed by atoms with Crippen molar-refractivity contribution < 1.29 is 4.74 Å². The Morgan fingerprint density at radius 3 is 2.62 bits per heavy atom. The molecule has 24 heavy (non-hydrogen) atoms. The van der Waals surface area contributed by atoms with E-state index in [9.17, 15) is 0 Å². The maximum Gasteiger partial charge on any atom is 0.0693 e. The summed E-state index contributed by atoms with van der Waals surface area (Å²) >= 11 is 1.99. The largest absolute Gasteiger partial charge is 0.377 e. The van der Waals surface area contributed by atoms with Crippen LogP contribution in [0.15, 0.2) is 46.1 Å². The van der Waals surface area contributed by atoms with Crippen molar-refractivity contribution in [3.63, 3.8) is 0 Å². The lowest BCUT2D eigenvalue weighted by Gasteiger charge is -2.27. The quantitative estimate of drug-likeness (QED) is 0.488. The summed E-state index contributed by atoms with van der Waals surface area (Å²) in [5.74, 6) is 1.11. The van der Waals surface area contributed by atoms with Crippen LogP contribution in [0.25, 0.3) is 0 Å². The molecule has 1 rings (SSSR count). The third kappa shape index (κ3) is 6.98. The van der Waals surface area contributed by atoms with Crippen LogP contribution in [0.5, 0.6) is 0 Å². The average Bonchev–Trinajstić information content (AvgIpc) is 2.58. The zero-order valence-corrected chi connectivity index (χ0v) is 16.5. The predicted molar refractivity (Wildman–Crippen MR) is 108 cm³/mol. The number of thioether (sulfide) groups is 1. The van der Waals surface area contributed by atoms with E-state index in [1.54, 1.807) is 0 Å². The van der Waals surface area contributed by atoms with Gasteiger partial charge in [-0.2, -0.15) is 11.8 Å². The number of nitrogens with two attached hydrogens (primary N) is 2. The molecule has 1 aliphatic rings. The maximum absolute atomic E-state index is 5.99. The monoisotopic (exact) mass is 350 g/mol. The van der Waals surface area contributed by atoms with Gasteiger partial charge in [-0.25, -0.2) is 0 Å². The van der Waals surface area contributed by atoms with Gasteiger partial charge in [0.2, 0.25) is 0 Å². The SMILES string of the molecule is CC(C)=C(CN)C1=C(C(C)SCC/C=C\C=C(/C)CN)COCC1. The van der Waals surface area contributed by atoms with Crippen LogP contribution in [0.2, 0.25) is 0 Å². The highest BCUT2D eigenvalue weighted by atomic mass is 32.2. The van der Waals surface area contributed by atoms with Gasteiger partial charge in [-0.15, -0.1) is 0 Å². The standard InChI is InChI=1S/C20H34N2OS/c1-15(2)19(13-22)18-9-10-23-14-20(18)17(4)24-11-7-5-6-8-16(3)12-21/h5-6,8,17H,7,9-14,21-22H2,1-4H3/b6-5-,16-8+. The van der Waals surface area contributed by atoms with E-state index in [2.05, 4.69) is 45.9 Å². The molecule has 1 atom stereocenters. The lowest BCUT2D eigenvalue weighted by atomic mass is 9.91. The molecule has 136 valence electrons. The fraction of sp³-hybridized carbons (Fsp3) is 0.600. The highest BCUT2D eigenvalue weighted by Crippen LogP contribution is 2.31. The van der Waals surface area contributed by atoms with Gasteiger partial charge in [-0.1, -0.05) is 29.4 Å². The molecule has 0 aromatic carbocycles. The highest BCUT2D eigenvalue weighted by molar-refractivity contribution is 8.00. The van der Waals surface area contributed by atoms with Crippen molar-refractivity contribution in [2.45, 2.75) is 45.8 Å². The molecule has 0 saturated heterocycles. The molecule has 0 bridgehead atoms. The van der Waals surface area contributed by atoms with Crippen molar-refractivity contribution in [3.05, 3.63) is 46.1 Å². The second-order valence-corrected chi connectivity index (χ2v) is 7.88. The zero-order valence-electron chi connectivity index (χ0n) is 15.7. The molecule has 4 heteroatoms. The Morgan fingerprint density at radius 1 is 1.25 bits per heavy atom. The Balaban J connectivity index is 2.65. The van der Waals surface area contributed by atoms with E-state index in [0.29, 0.717) is 18.3 Å². The van der Waals surface area contributed by atoms with E-state index in [-0.39, 0.29) is 0 Å². The zero-order chi connectivity index (χ0) is 17.9. The first-order valence-electron chi connectivity index (χ1n) is 8.81. The molecular formula is C20H34N2OS. The number of allylic oxidation sites excluding steroid dienone is 4. The van der Waals surface area contributed by atoms with Crippen LogP contribution in [0.1, 0.15) is 40.5 Å². The van der Waals surface area contributed by atoms with Crippen LogP contribution in [-0.4, -0.2) is 37.3 Å². The van der Waals surface area contributed by atoms with Crippen LogP contribution in [0, 0.1) is 0 Å². The van der Waals surface area contributed by atoms with E-state index in [1.807, 2.05) is 11.8 Å². The van der Waals surface area contributed by atoms with Gasteiger partial charge in [0.05, 0.1) is 13.2 Å². The molecule has 3 nitrogen and oxygen atoms in total. The molecular weight excluding hydrogens is 316 g/mol. The summed E-state index contributed by atoms with van der Waals surface area (Å²) < 4.78 is 5.72. The van der Waals surface area contributed by atoms with E-state index >= 15 is 0 Å². The number of hydrogen-bond donors (Lipinski definition) is 2. The first-order chi connectivity index (χ1) is 11.5. The van der Waals surface area contributed by atoms with Gasteiger partial charge in [-0.05, 0) is 63.0 Å².